The van der Waals surface area contributed by atoms with Gasteiger partial charge in [0.25, 0.3) is 0 Å². The van der Waals surface area contributed by atoms with Crippen LogP contribution in [0.15, 0.2) is 48.9 Å². The highest BCUT2D eigenvalue weighted by molar-refractivity contribution is 5.87. The van der Waals surface area contributed by atoms with Gasteiger partial charge in [0.1, 0.15) is 17.8 Å². The van der Waals surface area contributed by atoms with Crippen LogP contribution in [-0.2, 0) is 4.79 Å². The summed E-state index contributed by atoms with van der Waals surface area (Å²) in [6, 6.07) is 12.9. The van der Waals surface area contributed by atoms with Gasteiger partial charge in [-0.05, 0) is 18.1 Å². The second-order valence-electron chi connectivity index (χ2n) is 6.87. The van der Waals surface area contributed by atoms with Gasteiger partial charge in [-0.15, -0.1) is 0 Å². The van der Waals surface area contributed by atoms with Gasteiger partial charge in [-0.1, -0.05) is 30.3 Å². The van der Waals surface area contributed by atoms with E-state index in [1.807, 2.05) is 23.2 Å². The van der Waals surface area contributed by atoms with Crippen LogP contribution in [0.4, 0.5) is 5.82 Å². The maximum atomic E-state index is 12.5. The minimum Gasteiger partial charge on any atom is -0.364 e. The number of aromatic nitrogens is 3. The lowest BCUT2D eigenvalue weighted by Crippen LogP contribution is -2.30. The molecule has 3 unspecified atom stereocenters. The van der Waals surface area contributed by atoms with Crippen molar-refractivity contribution in [2.24, 2.45) is 0 Å². The van der Waals surface area contributed by atoms with Crippen molar-refractivity contribution in [1.82, 2.24) is 19.9 Å². The Hall–Kier alpha value is -2.89. The van der Waals surface area contributed by atoms with E-state index >= 15 is 0 Å². The van der Waals surface area contributed by atoms with E-state index in [2.05, 4.69) is 44.5 Å². The molecule has 3 aromatic rings. The zero-order chi connectivity index (χ0) is 16.8. The zero-order valence-corrected chi connectivity index (χ0v) is 13.7. The Bertz CT molecular complexity index is 922. The number of carbonyl (C=O) groups excluding carboxylic acids is 1. The highest BCUT2D eigenvalue weighted by Crippen LogP contribution is 2.46. The summed E-state index contributed by atoms with van der Waals surface area (Å²) in [5.74, 6) is 1.51. The molecule has 6 nitrogen and oxygen atoms in total. The quantitative estimate of drug-likeness (QED) is 0.769. The van der Waals surface area contributed by atoms with Crippen LogP contribution in [0.25, 0.3) is 11.0 Å². The van der Waals surface area contributed by atoms with Gasteiger partial charge in [0.2, 0.25) is 5.91 Å². The number of anilines is 1. The van der Waals surface area contributed by atoms with Crippen molar-refractivity contribution < 1.29 is 4.79 Å². The van der Waals surface area contributed by atoms with Crippen LogP contribution in [0, 0.1) is 0 Å². The Labute approximate surface area is 145 Å². The third kappa shape index (κ3) is 2.54. The van der Waals surface area contributed by atoms with E-state index in [4.69, 9.17) is 0 Å². The summed E-state index contributed by atoms with van der Waals surface area (Å²) < 4.78 is 0. The van der Waals surface area contributed by atoms with Crippen molar-refractivity contribution in [3.63, 3.8) is 0 Å². The standard InChI is InChI=1S/C19H19N5O/c25-17-8-13(23-19-14-6-7-20-18(14)21-11-22-19)10-24(17)16-9-15(16)12-4-2-1-3-5-12/h1-7,11,13,15-16H,8-10H2,(H2,20,21,22,23). The van der Waals surface area contributed by atoms with E-state index in [1.54, 1.807) is 6.33 Å². The third-order valence-electron chi connectivity index (χ3n) is 5.24. The molecule has 2 N–H and O–H groups in total. The first-order chi connectivity index (χ1) is 12.3. The molecular formula is C19H19N5O. The Balaban J connectivity index is 1.29. The van der Waals surface area contributed by atoms with Gasteiger partial charge >= 0.3 is 0 Å². The van der Waals surface area contributed by atoms with E-state index in [-0.39, 0.29) is 11.9 Å². The Morgan fingerprint density at radius 2 is 2.04 bits per heavy atom. The second-order valence-corrected chi connectivity index (χ2v) is 6.87. The monoisotopic (exact) mass is 333 g/mol. The molecule has 3 heterocycles. The summed E-state index contributed by atoms with van der Waals surface area (Å²) >= 11 is 0. The number of carbonyl (C=O) groups is 1. The van der Waals surface area contributed by atoms with Crippen molar-refractivity contribution in [2.45, 2.75) is 30.8 Å². The number of aromatic amines is 1. The van der Waals surface area contributed by atoms with E-state index in [1.165, 1.54) is 5.56 Å². The number of hydrogen-bond donors (Lipinski definition) is 2. The third-order valence-corrected chi connectivity index (χ3v) is 5.24. The largest absolute Gasteiger partial charge is 0.364 e. The molecule has 1 amide bonds. The average molecular weight is 333 g/mol. The lowest BCUT2D eigenvalue weighted by molar-refractivity contribution is -0.128. The molecule has 5 rings (SSSR count). The minimum atomic E-state index is 0.0949. The molecule has 2 fully saturated rings. The van der Waals surface area contributed by atoms with Crippen LogP contribution in [0.3, 0.4) is 0 Å². The number of nitrogens with zero attached hydrogens (tertiary/aromatic N) is 3. The zero-order valence-electron chi connectivity index (χ0n) is 13.7. The first-order valence-electron chi connectivity index (χ1n) is 8.68. The molecule has 25 heavy (non-hydrogen) atoms. The van der Waals surface area contributed by atoms with Crippen molar-refractivity contribution in [3.8, 4) is 0 Å². The summed E-state index contributed by atoms with van der Waals surface area (Å²) in [7, 11) is 0. The molecule has 126 valence electrons. The van der Waals surface area contributed by atoms with Crippen molar-refractivity contribution in [2.75, 3.05) is 11.9 Å². The van der Waals surface area contributed by atoms with Crippen molar-refractivity contribution in [3.05, 3.63) is 54.5 Å². The van der Waals surface area contributed by atoms with E-state index in [0.717, 1.165) is 29.8 Å². The van der Waals surface area contributed by atoms with E-state index in [0.29, 0.717) is 18.4 Å². The smallest absolute Gasteiger partial charge is 0.225 e. The number of likely N-dealkylation sites (tertiary alicyclic amines) is 1. The first-order valence-corrected chi connectivity index (χ1v) is 8.68. The molecule has 2 aliphatic rings. The molecule has 1 aliphatic heterocycles. The summed E-state index contributed by atoms with van der Waals surface area (Å²) in [4.78, 5) is 26.2. The second kappa shape index (κ2) is 5.58. The van der Waals surface area contributed by atoms with Crippen LogP contribution >= 0.6 is 0 Å². The molecule has 3 atom stereocenters. The number of hydrogen-bond acceptors (Lipinski definition) is 4. The summed E-state index contributed by atoms with van der Waals surface area (Å²) in [6.45, 7) is 0.739. The fourth-order valence-corrected chi connectivity index (χ4v) is 3.91. The fourth-order valence-electron chi connectivity index (χ4n) is 3.91. The number of benzene rings is 1. The molecule has 6 heteroatoms. The normalized spacial score (nSPS) is 25.5. The Kier molecular flexibility index (Phi) is 3.23. The van der Waals surface area contributed by atoms with Crippen LogP contribution in [0.1, 0.15) is 24.3 Å². The number of H-pyrrole nitrogens is 1. The van der Waals surface area contributed by atoms with Gasteiger partial charge < -0.3 is 15.2 Å². The SMILES string of the molecule is O=C1CC(Nc2ncnc3[nH]ccc23)CN1C1CC1c1ccccc1. The van der Waals surface area contributed by atoms with Crippen molar-refractivity contribution >= 4 is 22.8 Å². The summed E-state index contributed by atoms with van der Waals surface area (Å²) in [5, 5.41) is 4.39. The first kappa shape index (κ1) is 14.5. The lowest BCUT2D eigenvalue weighted by atomic mass is 10.1. The molecule has 0 spiro atoms. The number of nitrogens with one attached hydrogen (secondary N) is 2. The molecule has 1 saturated carbocycles. The number of amides is 1. The van der Waals surface area contributed by atoms with Crippen LogP contribution in [0.5, 0.6) is 0 Å². The van der Waals surface area contributed by atoms with Gasteiger partial charge in [0.05, 0.1) is 11.4 Å². The molecular weight excluding hydrogens is 314 g/mol. The summed E-state index contributed by atoms with van der Waals surface area (Å²) in [5.41, 5.74) is 2.14. The van der Waals surface area contributed by atoms with Gasteiger partial charge in [-0.2, -0.15) is 0 Å². The number of fused-ring (bicyclic) bond motifs is 1. The average Bonchev–Trinajstić information content (AvgIpc) is 3.11. The highest BCUT2D eigenvalue weighted by atomic mass is 16.2. The topological polar surface area (TPSA) is 73.9 Å². The van der Waals surface area contributed by atoms with E-state index < -0.39 is 0 Å². The fraction of sp³-hybridized carbons (Fsp3) is 0.316. The number of rotatable bonds is 4. The van der Waals surface area contributed by atoms with Crippen molar-refractivity contribution in [1.29, 1.82) is 0 Å². The molecule has 1 aliphatic carbocycles. The molecule has 2 aromatic heterocycles. The highest BCUT2D eigenvalue weighted by Gasteiger charge is 2.47. The van der Waals surface area contributed by atoms with Crippen LogP contribution in [-0.4, -0.2) is 44.4 Å². The van der Waals surface area contributed by atoms with Gasteiger partial charge in [0, 0.05) is 31.1 Å². The van der Waals surface area contributed by atoms with Gasteiger partial charge in [-0.3, -0.25) is 4.79 Å². The molecule has 0 bridgehead atoms. The van der Waals surface area contributed by atoms with Gasteiger partial charge in [-0.25, -0.2) is 9.97 Å². The minimum absolute atomic E-state index is 0.0949. The predicted molar refractivity (Wildman–Crippen MR) is 95.2 cm³/mol. The maximum Gasteiger partial charge on any atom is 0.225 e. The Morgan fingerprint density at radius 1 is 1.16 bits per heavy atom. The Morgan fingerprint density at radius 3 is 2.92 bits per heavy atom. The lowest BCUT2D eigenvalue weighted by Gasteiger charge is -2.18. The molecule has 0 radical (unpaired) electrons. The molecule has 1 saturated heterocycles. The van der Waals surface area contributed by atoms with E-state index in [9.17, 15) is 4.79 Å². The summed E-state index contributed by atoms with van der Waals surface area (Å²) in [6.07, 6.45) is 4.99. The van der Waals surface area contributed by atoms with Crippen LogP contribution < -0.4 is 5.32 Å². The van der Waals surface area contributed by atoms with Crippen LogP contribution in [0.2, 0.25) is 0 Å². The maximum absolute atomic E-state index is 12.5. The van der Waals surface area contributed by atoms with Gasteiger partial charge in [0.15, 0.2) is 0 Å². The molecule has 1 aromatic carbocycles. The predicted octanol–water partition coefficient (Wildman–Crippen LogP) is 2.53.